The van der Waals surface area contributed by atoms with Crippen LogP contribution in [0.3, 0.4) is 0 Å². The molecular formula is C10H22N2O2. The summed E-state index contributed by atoms with van der Waals surface area (Å²) in [6.07, 6.45) is 1.04. The Bertz CT molecular complexity index is 158. The van der Waals surface area contributed by atoms with Gasteiger partial charge in [-0.3, -0.25) is 4.90 Å². The highest BCUT2D eigenvalue weighted by Crippen LogP contribution is 2.24. The summed E-state index contributed by atoms with van der Waals surface area (Å²) in [6, 6.07) is 0. The quantitative estimate of drug-likeness (QED) is 0.662. The first-order valence-corrected chi connectivity index (χ1v) is 5.31. The minimum Gasteiger partial charge on any atom is -0.383 e. The molecule has 1 rings (SSSR count). The number of hydrogen-bond donors (Lipinski definition) is 1. The molecule has 1 aliphatic heterocycles. The van der Waals surface area contributed by atoms with Crippen molar-refractivity contribution < 1.29 is 9.47 Å². The number of rotatable bonds is 6. The first-order chi connectivity index (χ1) is 6.79. The monoisotopic (exact) mass is 202 g/mol. The van der Waals surface area contributed by atoms with E-state index in [1.165, 1.54) is 0 Å². The molecule has 1 unspecified atom stereocenters. The van der Waals surface area contributed by atoms with Crippen molar-refractivity contribution in [2.24, 2.45) is 5.73 Å². The van der Waals surface area contributed by atoms with Crippen LogP contribution in [0.4, 0.5) is 0 Å². The maximum absolute atomic E-state index is 5.85. The first kappa shape index (κ1) is 11.9. The van der Waals surface area contributed by atoms with Crippen molar-refractivity contribution in [1.82, 2.24) is 4.90 Å². The normalized spacial score (nSPS) is 27.4. The molecule has 1 fully saturated rings. The number of hydrogen-bond acceptors (Lipinski definition) is 4. The van der Waals surface area contributed by atoms with Gasteiger partial charge >= 0.3 is 0 Å². The number of methoxy groups -OCH3 is 1. The summed E-state index contributed by atoms with van der Waals surface area (Å²) in [5, 5.41) is 0. The lowest BCUT2D eigenvalue weighted by molar-refractivity contribution is 0.0516. The molecule has 14 heavy (non-hydrogen) atoms. The smallest absolute Gasteiger partial charge is 0.0663 e. The molecule has 4 nitrogen and oxygen atoms in total. The number of nitrogens with two attached hydrogens (primary N) is 1. The van der Waals surface area contributed by atoms with Crippen LogP contribution in [-0.4, -0.2) is 57.0 Å². The van der Waals surface area contributed by atoms with Crippen LogP contribution in [0.2, 0.25) is 0 Å². The van der Waals surface area contributed by atoms with E-state index in [2.05, 4.69) is 11.8 Å². The second-order valence-electron chi connectivity index (χ2n) is 3.80. The number of nitrogens with zero attached hydrogens (tertiary/aromatic N) is 1. The minimum atomic E-state index is 0.0628. The van der Waals surface area contributed by atoms with E-state index in [1.807, 2.05) is 0 Å². The third kappa shape index (κ3) is 2.45. The number of likely N-dealkylation sites (N-methyl/N-ethyl adjacent to an activating group) is 1. The van der Waals surface area contributed by atoms with E-state index in [9.17, 15) is 0 Å². The molecule has 1 saturated heterocycles. The SMILES string of the molecule is CCN(CCOC)C1(CN)CCOC1. The molecule has 0 aliphatic carbocycles. The largest absolute Gasteiger partial charge is 0.383 e. The zero-order chi connectivity index (χ0) is 10.4. The van der Waals surface area contributed by atoms with Crippen molar-refractivity contribution in [2.45, 2.75) is 18.9 Å². The summed E-state index contributed by atoms with van der Waals surface area (Å²) in [5.41, 5.74) is 5.92. The zero-order valence-corrected chi connectivity index (χ0v) is 9.29. The van der Waals surface area contributed by atoms with Gasteiger partial charge in [0.1, 0.15) is 0 Å². The van der Waals surface area contributed by atoms with Crippen molar-refractivity contribution in [1.29, 1.82) is 0 Å². The van der Waals surface area contributed by atoms with Crippen molar-refractivity contribution >= 4 is 0 Å². The fraction of sp³-hybridized carbons (Fsp3) is 1.00. The van der Waals surface area contributed by atoms with Gasteiger partial charge in [-0.15, -0.1) is 0 Å². The highest BCUT2D eigenvalue weighted by atomic mass is 16.5. The zero-order valence-electron chi connectivity index (χ0n) is 9.29. The summed E-state index contributed by atoms with van der Waals surface area (Å²) in [7, 11) is 1.73. The highest BCUT2D eigenvalue weighted by molar-refractivity contribution is 4.94. The van der Waals surface area contributed by atoms with Crippen LogP contribution in [0, 0.1) is 0 Å². The fourth-order valence-electron chi connectivity index (χ4n) is 2.07. The van der Waals surface area contributed by atoms with Crippen molar-refractivity contribution in [3.8, 4) is 0 Å². The number of ether oxygens (including phenoxy) is 2. The molecule has 0 spiro atoms. The molecule has 2 N–H and O–H groups in total. The van der Waals surface area contributed by atoms with E-state index < -0.39 is 0 Å². The third-order valence-corrected chi connectivity index (χ3v) is 3.08. The van der Waals surface area contributed by atoms with Crippen LogP contribution >= 0.6 is 0 Å². The molecule has 4 heteroatoms. The minimum absolute atomic E-state index is 0.0628. The standard InChI is InChI=1S/C10H22N2O2/c1-3-12(5-7-13-2)10(8-11)4-6-14-9-10/h3-9,11H2,1-2H3. The fourth-order valence-corrected chi connectivity index (χ4v) is 2.07. The van der Waals surface area contributed by atoms with Gasteiger partial charge in [0.15, 0.2) is 0 Å². The Morgan fingerprint density at radius 1 is 1.57 bits per heavy atom. The van der Waals surface area contributed by atoms with E-state index >= 15 is 0 Å². The Hall–Kier alpha value is -0.160. The Labute approximate surface area is 86.3 Å². The second-order valence-corrected chi connectivity index (χ2v) is 3.80. The molecule has 0 aromatic carbocycles. The van der Waals surface area contributed by atoms with Gasteiger partial charge in [0.05, 0.1) is 18.8 Å². The van der Waals surface area contributed by atoms with Crippen LogP contribution in [-0.2, 0) is 9.47 Å². The molecule has 1 aliphatic rings. The van der Waals surface area contributed by atoms with E-state index in [1.54, 1.807) is 7.11 Å². The summed E-state index contributed by atoms with van der Waals surface area (Å²) in [5.74, 6) is 0. The van der Waals surface area contributed by atoms with Gasteiger partial charge in [-0.1, -0.05) is 6.92 Å². The van der Waals surface area contributed by atoms with E-state index in [0.29, 0.717) is 6.54 Å². The van der Waals surface area contributed by atoms with Crippen molar-refractivity contribution in [2.75, 3.05) is 46.6 Å². The molecule has 0 aromatic rings. The molecule has 0 amide bonds. The Morgan fingerprint density at radius 3 is 2.79 bits per heavy atom. The average Bonchev–Trinajstić information content (AvgIpc) is 2.69. The van der Waals surface area contributed by atoms with Crippen LogP contribution < -0.4 is 5.73 Å². The van der Waals surface area contributed by atoms with Gasteiger partial charge in [0.2, 0.25) is 0 Å². The van der Waals surface area contributed by atoms with Gasteiger partial charge in [-0.2, -0.15) is 0 Å². The lowest BCUT2D eigenvalue weighted by Gasteiger charge is -2.38. The first-order valence-electron chi connectivity index (χ1n) is 5.31. The predicted molar refractivity (Wildman–Crippen MR) is 56.3 cm³/mol. The summed E-state index contributed by atoms with van der Waals surface area (Å²) >= 11 is 0. The highest BCUT2D eigenvalue weighted by Gasteiger charge is 2.38. The maximum Gasteiger partial charge on any atom is 0.0663 e. The molecule has 0 bridgehead atoms. The summed E-state index contributed by atoms with van der Waals surface area (Å²) in [4.78, 5) is 2.38. The molecule has 1 heterocycles. The second kappa shape index (κ2) is 5.66. The van der Waals surface area contributed by atoms with Crippen molar-refractivity contribution in [3.05, 3.63) is 0 Å². The molecule has 0 radical (unpaired) electrons. The van der Waals surface area contributed by atoms with Crippen LogP contribution in [0.15, 0.2) is 0 Å². The molecule has 0 saturated carbocycles. The summed E-state index contributed by atoms with van der Waals surface area (Å²) in [6.45, 7) is 7.13. The molecule has 0 aromatic heterocycles. The van der Waals surface area contributed by atoms with Crippen LogP contribution in [0.1, 0.15) is 13.3 Å². The Balaban J connectivity index is 2.54. The van der Waals surface area contributed by atoms with Crippen LogP contribution in [0.5, 0.6) is 0 Å². The molecule has 1 atom stereocenters. The van der Waals surface area contributed by atoms with Gasteiger partial charge in [-0.25, -0.2) is 0 Å². The molecular weight excluding hydrogens is 180 g/mol. The predicted octanol–water partition coefficient (Wildman–Crippen LogP) is 0.0725. The Morgan fingerprint density at radius 2 is 2.36 bits per heavy atom. The lowest BCUT2D eigenvalue weighted by Crippen LogP contribution is -2.55. The molecule has 84 valence electrons. The van der Waals surface area contributed by atoms with Crippen molar-refractivity contribution in [3.63, 3.8) is 0 Å². The topological polar surface area (TPSA) is 47.7 Å². The lowest BCUT2D eigenvalue weighted by atomic mass is 9.96. The van der Waals surface area contributed by atoms with E-state index in [-0.39, 0.29) is 5.54 Å². The maximum atomic E-state index is 5.85. The van der Waals surface area contributed by atoms with Crippen LogP contribution in [0.25, 0.3) is 0 Å². The van der Waals surface area contributed by atoms with Gasteiger partial charge in [-0.05, 0) is 13.0 Å². The third-order valence-electron chi connectivity index (χ3n) is 3.08. The summed E-state index contributed by atoms with van der Waals surface area (Å²) < 4.78 is 10.6. The van der Waals surface area contributed by atoms with E-state index in [4.69, 9.17) is 15.2 Å². The average molecular weight is 202 g/mol. The van der Waals surface area contributed by atoms with Gasteiger partial charge < -0.3 is 15.2 Å². The van der Waals surface area contributed by atoms with E-state index in [0.717, 1.165) is 39.3 Å². The Kier molecular flexibility index (Phi) is 4.81. The van der Waals surface area contributed by atoms with Gasteiger partial charge in [0, 0.05) is 26.8 Å². The van der Waals surface area contributed by atoms with Gasteiger partial charge in [0.25, 0.3) is 0 Å².